The maximum atomic E-state index is 13.6. The van der Waals surface area contributed by atoms with Crippen molar-refractivity contribution < 1.29 is 18.7 Å². The number of carbonyl (C=O) groups excluding carboxylic acids is 1. The lowest BCUT2D eigenvalue weighted by atomic mass is 9.98. The number of hydrogen-bond donors (Lipinski definition) is 1. The molecule has 3 aromatic heterocycles. The molecule has 0 bridgehead atoms. The number of hydrogen-bond acceptors (Lipinski definition) is 8. The van der Waals surface area contributed by atoms with Crippen LogP contribution in [0.4, 0.5) is 5.69 Å². The highest BCUT2D eigenvalue weighted by Gasteiger charge is 2.26. The van der Waals surface area contributed by atoms with Crippen LogP contribution in [0.2, 0.25) is 5.15 Å². The lowest BCUT2D eigenvalue weighted by Gasteiger charge is -2.22. The van der Waals surface area contributed by atoms with E-state index in [1.807, 2.05) is 30.7 Å². The van der Waals surface area contributed by atoms with Gasteiger partial charge in [0, 0.05) is 11.1 Å². The number of aromatic nitrogens is 3. The highest BCUT2D eigenvalue weighted by atomic mass is 35.5. The molecule has 204 valence electrons. The van der Waals surface area contributed by atoms with Gasteiger partial charge < -0.3 is 19.2 Å². The molecule has 1 aliphatic rings. The monoisotopic (exact) mass is 550 g/mol. The lowest BCUT2D eigenvalue weighted by molar-refractivity contribution is 0.00640. The molecule has 1 N–H and O–H groups in total. The molecule has 39 heavy (non-hydrogen) atoms. The maximum Gasteiger partial charge on any atom is 0.359 e. The highest BCUT2D eigenvalue weighted by molar-refractivity contribution is 6.29. The number of aryl methyl sites for hydroxylation is 1. The van der Waals surface area contributed by atoms with Crippen molar-refractivity contribution in [2.75, 3.05) is 11.9 Å². The fourth-order valence-electron chi connectivity index (χ4n) is 4.76. The van der Waals surface area contributed by atoms with Gasteiger partial charge >= 0.3 is 5.97 Å². The summed E-state index contributed by atoms with van der Waals surface area (Å²) in [5.74, 6) is -0.120. The third kappa shape index (κ3) is 5.29. The van der Waals surface area contributed by atoms with E-state index >= 15 is 0 Å². The van der Waals surface area contributed by atoms with Gasteiger partial charge in [0.25, 0.3) is 0 Å². The Labute approximate surface area is 231 Å². The molecule has 0 saturated heterocycles. The highest BCUT2D eigenvalue weighted by Crippen LogP contribution is 2.34. The molecule has 1 aromatic carbocycles. The van der Waals surface area contributed by atoms with Gasteiger partial charge in [-0.05, 0) is 65.3 Å². The number of rotatable bonds is 5. The number of nitrogens with zero attached hydrogens (tertiary/aromatic N) is 3. The van der Waals surface area contributed by atoms with Crippen LogP contribution in [0.25, 0.3) is 22.3 Å². The molecule has 4 aromatic rings. The van der Waals surface area contributed by atoms with E-state index in [9.17, 15) is 9.59 Å². The molecule has 10 heteroatoms. The lowest BCUT2D eigenvalue weighted by Crippen LogP contribution is -2.25. The van der Waals surface area contributed by atoms with Crippen molar-refractivity contribution in [3.8, 4) is 11.3 Å². The normalized spacial score (nSPS) is 14.2. The third-order valence-corrected chi connectivity index (χ3v) is 6.77. The van der Waals surface area contributed by atoms with Crippen molar-refractivity contribution in [1.29, 1.82) is 0 Å². The molecule has 0 aliphatic carbocycles. The zero-order chi connectivity index (χ0) is 28.1. The van der Waals surface area contributed by atoms with Crippen molar-refractivity contribution in [3.63, 3.8) is 0 Å². The SMILES string of the molecule is Cc1cc([C@@H](C)Nc2ccc(Cl)nc2C(=O)OC(C)(C)C)c2oc(-c3cnn4c3COCC4)c(C)c(=O)c2c1. The van der Waals surface area contributed by atoms with Crippen LogP contribution in [0.3, 0.4) is 0 Å². The van der Waals surface area contributed by atoms with E-state index in [-0.39, 0.29) is 22.3 Å². The summed E-state index contributed by atoms with van der Waals surface area (Å²) in [5, 5.41) is 8.49. The summed E-state index contributed by atoms with van der Waals surface area (Å²) in [6.07, 6.45) is 1.73. The smallest absolute Gasteiger partial charge is 0.359 e. The zero-order valence-corrected chi connectivity index (χ0v) is 23.6. The van der Waals surface area contributed by atoms with Gasteiger partial charge in [0.2, 0.25) is 0 Å². The predicted octanol–water partition coefficient (Wildman–Crippen LogP) is 5.98. The van der Waals surface area contributed by atoms with Gasteiger partial charge in [-0.3, -0.25) is 9.48 Å². The molecule has 1 aliphatic heterocycles. The summed E-state index contributed by atoms with van der Waals surface area (Å²) in [5.41, 5.74) is 3.97. The van der Waals surface area contributed by atoms with Crippen LogP contribution in [0, 0.1) is 13.8 Å². The molecule has 0 fully saturated rings. The number of carbonyl (C=O) groups is 1. The molecular weight excluding hydrogens is 520 g/mol. The zero-order valence-electron chi connectivity index (χ0n) is 22.8. The maximum absolute atomic E-state index is 13.6. The molecule has 9 nitrogen and oxygen atoms in total. The van der Waals surface area contributed by atoms with E-state index in [2.05, 4.69) is 15.4 Å². The number of anilines is 1. The third-order valence-electron chi connectivity index (χ3n) is 6.56. The Morgan fingerprint density at radius 3 is 2.74 bits per heavy atom. The van der Waals surface area contributed by atoms with Crippen LogP contribution < -0.4 is 10.7 Å². The Hall–Kier alpha value is -3.69. The predicted molar refractivity (Wildman–Crippen MR) is 149 cm³/mol. The first-order valence-electron chi connectivity index (χ1n) is 12.8. The van der Waals surface area contributed by atoms with Gasteiger partial charge in [0.1, 0.15) is 22.1 Å². The average molecular weight is 551 g/mol. The van der Waals surface area contributed by atoms with Crippen molar-refractivity contribution in [2.24, 2.45) is 0 Å². The topological polar surface area (TPSA) is 108 Å². The second-order valence-electron chi connectivity index (χ2n) is 10.8. The van der Waals surface area contributed by atoms with Crippen molar-refractivity contribution in [3.05, 3.63) is 73.9 Å². The Morgan fingerprint density at radius 1 is 1.23 bits per heavy atom. The van der Waals surface area contributed by atoms with E-state index in [4.69, 9.17) is 25.5 Å². The number of pyridine rings is 1. The van der Waals surface area contributed by atoms with Crippen LogP contribution in [0.1, 0.15) is 66.6 Å². The van der Waals surface area contributed by atoms with Gasteiger partial charge in [-0.15, -0.1) is 0 Å². The number of ether oxygens (including phenoxy) is 2. The molecule has 0 saturated carbocycles. The van der Waals surface area contributed by atoms with E-state index in [0.29, 0.717) is 47.7 Å². The molecule has 0 unspecified atom stereocenters. The minimum Gasteiger partial charge on any atom is -0.455 e. The summed E-state index contributed by atoms with van der Waals surface area (Å²) in [6, 6.07) is 6.72. The number of benzene rings is 1. The summed E-state index contributed by atoms with van der Waals surface area (Å²) in [4.78, 5) is 30.8. The number of fused-ring (bicyclic) bond motifs is 2. The van der Waals surface area contributed by atoms with E-state index in [1.54, 1.807) is 46.0 Å². The largest absolute Gasteiger partial charge is 0.455 e. The van der Waals surface area contributed by atoms with Gasteiger partial charge in [-0.2, -0.15) is 5.10 Å². The van der Waals surface area contributed by atoms with Crippen molar-refractivity contribution in [2.45, 2.75) is 66.3 Å². The van der Waals surface area contributed by atoms with Crippen LogP contribution in [0.5, 0.6) is 0 Å². The van der Waals surface area contributed by atoms with Crippen molar-refractivity contribution in [1.82, 2.24) is 14.8 Å². The van der Waals surface area contributed by atoms with E-state index < -0.39 is 11.6 Å². The summed E-state index contributed by atoms with van der Waals surface area (Å²) >= 11 is 6.12. The summed E-state index contributed by atoms with van der Waals surface area (Å²) < 4.78 is 19.6. The van der Waals surface area contributed by atoms with Crippen LogP contribution in [-0.2, 0) is 22.6 Å². The molecule has 0 spiro atoms. The second-order valence-corrected chi connectivity index (χ2v) is 11.2. The Kier molecular flexibility index (Phi) is 6.99. The standard InChI is InChI=1S/C29H31ClN4O5/c1-15-11-18(17(3)32-21-7-8-23(30)33-24(21)28(36)39-29(4,5)6)27-19(12-15)25(35)16(2)26(38-27)20-13-31-34-9-10-37-14-22(20)34/h7-8,11-13,17,32H,9-10,14H2,1-6H3/t17-/m1/s1. The molecule has 5 rings (SSSR count). The Morgan fingerprint density at radius 2 is 2.00 bits per heavy atom. The average Bonchev–Trinajstić information content (AvgIpc) is 3.30. The van der Waals surface area contributed by atoms with E-state index in [1.165, 1.54) is 0 Å². The van der Waals surface area contributed by atoms with Gasteiger partial charge in [-0.1, -0.05) is 17.7 Å². The summed E-state index contributed by atoms with van der Waals surface area (Å²) in [7, 11) is 0. The minimum atomic E-state index is -0.702. The van der Waals surface area contributed by atoms with Crippen LogP contribution in [-0.4, -0.2) is 32.9 Å². The summed E-state index contributed by atoms with van der Waals surface area (Å²) in [6.45, 7) is 12.6. The number of esters is 1. The fourth-order valence-corrected chi connectivity index (χ4v) is 4.90. The quantitative estimate of drug-likeness (QED) is 0.239. The number of halogens is 1. The van der Waals surface area contributed by atoms with Gasteiger partial charge in [0.15, 0.2) is 11.1 Å². The second kappa shape index (κ2) is 10.1. The first-order chi connectivity index (χ1) is 18.4. The van der Waals surface area contributed by atoms with Crippen LogP contribution >= 0.6 is 11.6 Å². The molecular formula is C29H31ClN4O5. The molecule has 4 heterocycles. The molecule has 0 radical (unpaired) electrons. The van der Waals surface area contributed by atoms with E-state index in [0.717, 1.165) is 22.4 Å². The Bertz CT molecular complexity index is 1650. The number of nitrogens with one attached hydrogen (secondary N) is 1. The Balaban J connectivity index is 1.61. The van der Waals surface area contributed by atoms with Crippen molar-refractivity contribution >= 4 is 34.2 Å². The molecule has 1 atom stereocenters. The molecule has 0 amide bonds. The van der Waals surface area contributed by atoms with Gasteiger partial charge in [0.05, 0.1) is 54.3 Å². The van der Waals surface area contributed by atoms with Gasteiger partial charge in [-0.25, -0.2) is 9.78 Å². The minimum absolute atomic E-state index is 0.0748. The first-order valence-corrected chi connectivity index (χ1v) is 13.2. The fraction of sp³-hybridized carbons (Fsp3) is 0.379. The van der Waals surface area contributed by atoms with Crippen LogP contribution in [0.15, 0.2) is 39.7 Å². The first kappa shape index (κ1) is 26.9.